The number of nitrogens with one attached hydrogen (secondary N) is 2. The van der Waals surface area contributed by atoms with E-state index in [9.17, 15) is 8.42 Å². The van der Waals surface area contributed by atoms with Crippen molar-refractivity contribution in [2.75, 3.05) is 24.7 Å². The summed E-state index contributed by atoms with van der Waals surface area (Å²) in [5, 5.41) is 6.79. The minimum absolute atomic E-state index is 0.140. The van der Waals surface area contributed by atoms with E-state index >= 15 is 0 Å². The first-order valence-corrected chi connectivity index (χ1v) is 11.0. The standard InChI is InChI=1S/C17H28N4O2S/c1-24(22,23)15-12-19-17(20-14-8-4-2-3-5-9-14)21-16(15)13-7-6-10-18-11-13/h12-14,18H,2-11H2,1H3,(H,19,20,21)/t13-/m0/s1. The SMILES string of the molecule is CS(=O)(=O)c1cnc(NC2CCCCCC2)nc1[C@H]1CCCNC1. The van der Waals surface area contributed by atoms with Crippen molar-refractivity contribution in [3.8, 4) is 0 Å². The van der Waals surface area contributed by atoms with Gasteiger partial charge in [0.1, 0.15) is 4.90 Å². The lowest BCUT2D eigenvalue weighted by molar-refractivity contribution is 0.448. The predicted molar refractivity (Wildman–Crippen MR) is 95.1 cm³/mol. The van der Waals surface area contributed by atoms with Crippen LogP contribution in [0.4, 0.5) is 5.95 Å². The third kappa shape index (κ3) is 4.45. The minimum atomic E-state index is -3.32. The lowest BCUT2D eigenvalue weighted by atomic mass is 9.96. The summed E-state index contributed by atoms with van der Waals surface area (Å²) in [6.07, 6.45) is 12.1. The number of anilines is 1. The van der Waals surface area contributed by atoms with E-state index in [2.05, 4.69) is 20.6 Å². The number of piperidine rings is 1. The third-order valence-corrected chi connectivity index (χ3v) is 6.17. The van der Waals surface area contributed by atoms with E-state index in [1.54, 1.807) is 0 Å². The van der Waals surface area contributed by atoms with Crippen LogP contribution in [0.1, 0.15) is 63.0 Å². The summed E-state index contributed by atoms with van der Waals surface area (Å²) >= 11 is 0. The Balaban J connectivity index is 1.85. The second kappa shape index (κ2) is 7.78. The molecule has 3 rings (SSSR count). The summed E-state index contributed by atoms with van der Waals surface area (Å²) in [4.78, 5) is 9.23. The molecular formula is C17H28N4O2S. The van der Waals surface area contributed by atoms with E-state index in [4.69, 9.17) is 0 Å². The molecule has 0 aromatic carbocycles. The normalized spacial score (nSPS) is 23.6. The van der Waals surface area contributed by atoms with E-state index in [1.807, 2.05) is 0 Å². The van der Waals surface area contributed by atoms with Crippen molar-refractivity contribution in [1.82, 2.24) is 15.3 Å². The second-order valence-electron chi connectivity index (χ2n) is 7.09. The Morgan fingerprint density at radius 1 is 1.12 bits per heavy atom. The minimum Gasteiger partial charge on any atom is -0.351 e. The van der Waals surface area contributed by atoms with Gasteiger partial charge in [0.2, 0.25) is 5.95 Å². The van der Waals surface area contributed by atoms with Crippen molar-refractivity contribution >= 4 is 15.8 Å². The van der Waals surface area contributed by atoms with Crippen molar-refractivity contribution in [1.29, 1.82) is 0 Å². The number of nitrogens with zero attached hydrogens (tertiary/aromatic N) is 2. The molecule has 2 N–H and O–H groups in total. The summed E-state index contributed by atoms with van der Waals surface area (Å²) in [6, 6.07) is 0.397. The zero-order chi connectivity index (χ0) is 17.0. The number of aromatic nitrogens is 2. The topological polar surface area (TPSA) is 84.0 Å². The first-order valence-electron chi connectivity index (χ1n) is 9.08. The largest absolute Gasteiger partial charge is 0.351 e. The van der Waals surface area contributed by atoms with Crippen LogP contribution in [0.5, 0.6) is 0 Å². The molecule has 1 aliphatic heterocycles. The van der Waals surface area contributed by atoms with Crippen molar-refractivity contribution in [3.05, 3.63) is 11.9 Å². The van der Waals surface area contributed by atoms with Crippen LogP contribution in [0.15, 0.2) is 11.1 Å². The van der Waals surface area contributed by atoms with Gasteiger partial charge in [-0.25, -0.2) is 18.4 Å². The molecule has 1 aliphatic carbocycles. The number of hydrogen-bond acceptors (Lipinski definition) is 6. The molecule has 0 radical (unpaired) electrons. The highest BCUT2D eigenvalue weighted by atomic mass is 32.2. The van der Waals surface area contributed by atoms with Crippen LogP contribution in [-0.4, -0.2) is 43.8 Å². The first-order chi connectivity index (χ1) is 11.5. The summed E-state index contributed by atoms with van der Waals surface area (Å²) in [7, 11) is -3.32. The van der Waals surface area contributed by atoms with Gasteiger partial charge in [0.05, 0.1) is 11.9 Å². The van der Waals surface area contributed by atoms with E-state index in [0.29, 0.717) is 17.7 Å². The van der Waals surface area contributed by atoms with E-state index in [0.717, 1.165) is 38.8 Å². The maximum absolute atomic E-state index is 12.1. The molecule has 1 atom stereocenters. The Morgan fingerprint density at radius 2 is 1.88 bits per heavy atom. The molecule has 7 heteroatoms. The number of rotatable bonds is 4. The molecule has 2 fully saturated rings. The van der Waals surface area contributed by atoms with Crippen molar-refractivity contribution < 1.29 is 8.42 Å². The molecule has 1 saturated carbocycles. The van der Waals surface area contributed by atoms with Gasteiger partial charge in [-0.05, 0) is 32.2 Å². The van der Waals surface area contributed by atoms with Crippen molar-refractivity contribution in [2.45, 2.75) is 68.2 Å². The Hall–Kier alpha value is -1.21. The van der Waals surface area contributed by atoms with Crippen LogP contribution in [0.25, 0.3) is 0 Å². The molecule has 0 bridgehead atoms. The molecule has 0 spiro atoms. The van der Waals surface area contributed by atoms with Crippen LogP contribution in [0, 0.1) is 0 Å². The quantitative estimate of drug-likeness (QED) is 0.810. The van der Waals surface area contributed by atoms with Crippen LogP contribution >= 0.6 is 0 Å². The summed E-state index contributed by atoms with van der Waals surface area (Å²) in [5.74, 6) is 0.719. The fourth-order valence-electron chi connectivity index (χ4n) is 3.72. The van der Waals surface area contributed by atoms with Gasteiger partial charge >= 0.3 is 0 Å². The predicted octanol–water partition coefficient (Wildman–Crippen LogP) is 2.48. The lowest BCUT2D eigenvalue weighted by Gasteiger charge is -2.24. The van der Waals surface area contributed by atoms with Gasteiger partial charge in [-0.3, -0.25) is 0 Å². The number of sulfone groups is 1. The molecule has 1 aromatic heterocycles. The monoisotopic (exact) mass is 352 g/mol. The van der Waals surface area contributed by atoms with Gasteiger partial charge < -0.3 is 10.6 Å². The molecule has 1 saturated heterocycles. The van der Waals surface area contributed by atoms with E-state index in [-0.39, 0.29) is 10.8 Å². The van der Waals surface area contributed by atoms with E-state index in [1.165, 1.54) is 38.1 Å². The molecule has 2 heterocycles. The van der Waals surface area contributed by atoms with Gasteiger partial charge in [-0.1, -0.05) is 25.7 Å². The average molecular weight is 353 g/mol. The smallest absolute Gasteiger partial charge is 0.223 e. The fraction of sp³-hybridized carbons (Fsp3) is 0.765. The highest BCUT2D eigenvalue weighted by Gasteiger charge is 2.25. The lowest BCUT2D eigenvalue weighted by Crippen LogP contribution is -2.30. The van der Waals surface area contributed by atoms with Crippen LogP contribution < -0.4 is 10.6 Å². The fourth-order valence-corrected chi connectivity index (χ4v) is 4.56. The van der Waals surface area contributed by atoms with Crippen LogP contribution in [0.2, 0.25) is 0 Å². The Bertz CT molecular complexity index is 649. The molecule has 24 heavy (non-hydrogen) atoms. The van der Waals surface area contributed by atoms with Gasteiger partial charge in [0.15, 0.2) is 9.84 Å². The highest BCUT2D eigenvalue weighted by molar-refractivity contribution is 7.90. The summed E-state index contributed by atoms with van der Waals surface area (Å²) < 4.78 is 24.2. The third-order valence-electron chi connectivity index (χ3n) is 5.05. The summed E-state index contributed by atoms with van der Waals surface area (Å²) in [5.41, 5.74) is 0.677. The Kier molecular flexibility index (Phi) is 5.71. The van der Waals surface area contributed by atoms with Crippen molar-refractivity contribution in [2.24, 2.45) is 0 Å². The molecule has 0 unspecified atom stereocenters. The molecule has 134 valence electrons. The zero-order valence-electron chi connectivity index (χ0n) is 14.4. The molecule has 1 aromatic rings. The Labute approximate surface area is 144 Å². The van der Waals surface area contributed by atoms with Gasteiger partial charge in [-0.2, -0.15) is 0 Å². The first kappa shape index (κ1) is 17.6. The van der Waals surface area contributed by atoms with Crippen molar-refractivity contribution in [3.63, 3.8) is 0 Å². The van der Waals surface area contributed by atoms with E-state index < -0.39 is 9.84 Å². The van der Waals surface area contributed by atoms with Crippen LogP contribution in [-0.2, 0) is 9.84 Å². The van der Waals surface area contributed by atoms with Gasteiger partial charge in [0.25, 0.3) is 0 Å². The molecule has 2 aliphatic rings. The molecule has 6 nitrogen and oxygen atoms in total. The maximum Gasteiger partial charge on any atom is 0.223 e. The molecule has 0 amide bonds. The van der Waals surface area contributed by atoms with Crippen LogP contribution in [0.3, 0.4) is 0 Å². The zero-order valence-corrected chi connectivity index (χ0v) is 15.2. The van der Waals surface area contributed by atoms with Gasteiger partial charge in [0, 0.05) is 24.8 Å². The average Bonchev–Trinajstić information content (AvgIpc) is 2.83. The number of hydrogen-bond donors (Lipinski definition) is 2. The van der Waals surface area contributed by atoms with Gasteiger partial charge in [-0.15, -0.1) is 0 Å². The second-order valence-corrected chi connectivity index (χ2v) is 9.08. The highest BCUT2D eigenvalue weighted by Crippen LogP contribution is 2.28. The molecular weight excluding hydrogens is 324 g/mol. The maximum atomic E-state index is 12.1. The Morgan fingerprint density at radius 3 is 2.50 bits per heavy atom. The summed E-state index contributed by atoms with van der Waals surface area (Å²) in [6.45, 7) is 1.77.